The molecule has 0 atom stereocenters. The molecule has 0 saturated carbocycles. The molecule has 2 aromatic rings. The Bertz CT molecular complexity index is 519. The van der Waals surface area contributed by atoms with Gasteiger partial charge in [0.2, 0.25) is 0 Å². The lowest BCUT2D eigenvalue weighted by Crippen LogP contribution is -2.04. The Morgan fingerprint density at radius 2 is 1.95 bits per heavy atom. The summed E-state index contributed by atoms with van der Waals surface area (Å²) in [5.41, 5.74) is 0.868. The van der Waals surface area contributed by atoms with Crippen LogP contribution in [0.1, 0.15) is 0 Å². The third-order valence-electron chi connectivity index (χ3n) is 2.59. The van der Waals surface area contributed by atoms with E-state index in [9.17, 15) is 4.39 Å². The first kappa shape index (κ1) is 13.7. The highest BCUT2D eigenvalue weighted by Crippen LogP contribution is 2.22. The summed E-state index contributed by atoms with van der Waals surface area (Å²) in [5, 5.41) is 3.25. The van der Waals surface area contributed by atoms with Crippen LogP contribution < -0.4 is 10.1 Å². The molecule has 0 saturated heterocycles. The van der Waals surface area contributed by atoms with Gasteiger partial charge in [0.15, 0.2) is 11.6 Å². The van der Waals surface area contributed by atoms with Crippen molar-refractivity contribution in [2.75, 3.05) is 24.7 Å². The van der Waals surface area contributed by atoms with Crippen molar-refractivity contribution < 1.29 is 9.13 Å². The van der Waals surface area contributed by atoms with Crippen molar-refractivity contribution in [3.05, 3.63) is 54.3 Å². The zero-order valence-electron chi connectivity index (χ0n) is 10.7. The molecule has 4 heteroatoms. The van der Waals surface area contributed by atoms with E-state index in [1.807, 2.05) is 18.2 Å². The number of rotatable bonds is 6. The molecule has 0 aliphatic rings. The van der Waals surface area contributed by atoms with Crippen molar-refractivity contribution in [2.45, 2.75) is 4.90 Å². The van der Waals surface area contributed by atoms with Gasteiger partial charge >= 0.3 is 0 Å². The van der Waals surface area contributed by atoms with Crippen LogP contribution in [0.5, 0.6) is 5.75 Å². The summed E-state index contributed by atoms with van der Waals surface area (Å²) in [6.45, 7) is 0.814. The smallest absolute Gasteiger partial charge is 0.165 e. The van der Waals surface area contributed by atoms with E-state index in [4.69, 9.17) is 4.74 Å². The van der Waals surface area contributed by atoms with Crippen LogP contribution in [0.3, 0.4) is 0 Å². The third kappa shape index (κ3) is 4.17. The minimum Gasteiger partial charge on any atom is -0.494 e. The zero-order valence-corrected chi connectivity index (χ0v) is 11.5. The highest BCUT2D eigenvalue weighted by Gasteiger charge is 2.02. The summed E-state index contributed by atoms with van der Waals surface area (Å²) < 4.78 is 18.2. The summed E-state index contributed by atoms with van der Waals surface area (Å²) >= 11 is 1.78. The maximum atomic E-state index is 13.2. The molecule has 0 spiro atoms. The quantitative estimate of drug-likeness (QED) is 0.636. The van der Waals surface area contributed by atoms with Crippen LogP contribution in [-0.4, -0.2) is 19.4 Å². The Labute approximate surface area is 117 Å². The second-order valence-electron chi connectivity index (χ2n) is 3.94. The van der Waals surface area contributed by atoms with E-state index in [1.54, 1.807) is 23.9 Å². The lowest BCUT2D eigenvalue weighted by atomic mass is 10.3. The Balaban J connectivity index is 1.80. The van der Waals surface area contributed by atoms with E-state index in [-0.39, 0.29) is 11.6 Å². The molecule has 0 heterocycles. The number of ether oxygens (including phenoxy) is 1. The Morgan fingerprint density at radius 1 is 1.16 bits per heavy atom. The number of thioether (sulfide) groups is 1. The maximum Gasteiger partial charge on any atom is 0.165 e. The van der Waals surface area contributed by atoms with Crippen molar-refractivity contribution in [2.24, 2.45) is 0 Å². The largest absolute Gasteiger partial charge is 0.494 e. The van der Waals surface area contributed by atoms with Gasteiger partial charge in [-0.3, -0.25) is 0 Å². The topological polar surface area (TPSA) is 21.3 Å². The number of anilines is 1. The molecular weight excluding hydrogens is 261 g/mol. The maximum absolute atomic E-state index is 13.2. The summed E-state index contributed by atoms with van der Waals surface area (Å²) in [5.74, 6) is 0.872. The van der Waals surface area contributed by atoms with Crippen molar-refractivity contribution in [1.29, 1.82) is 0 Å². The summed E-state index contributed by atoms with van der Waals surface area (Å²) in [7, 11) is 1.47. The van der Waals surface area contributed by atoms with Crippen LogP contribution in [0, 0.1) is 5.82 Å². The van der Waals surface area contributed by atoms with Gasteiger partial charge in [-0.1, -0.05) is 18.2 Å². The van der Waals surface area contributed by atoms with Crippen LogP contribution in [0.15, 0.2) is 53.4 Å². The molecule has 2 rings (SSSR count). The van der Waals surface area contributed by atoms with E-state index >= 15 is 0 Å². The van der Waals surface area contributed by atoms with Crippen molar-refractivity contribution in [3.63, 3.8) is 0 Å². The van der Waals surface area contributed by atoms with E-state index in [0.29, 0.717) is 0 Å². The van der Waals surface area contributed by atoms with Crippen molar-refractivity contribution in [1.82, 2.24) is 0 Å². The molecule has 2 aromatic carbocycles. The van der Waals surface area contributed by atoms with Crippen molar-refractivity contribution in [3.8, 4) is 5.75 Å². The molecule has 0 bridgehead atoms. The Morgan fingerprint density at radius 3 is 2.68 bits per heavy atom. The molecule has 0 unspecified atom stereocenters. The van der Waals surface area contributed by atoms with Gasteiger partial charge in [0.1, 0.15) is 0 Å². The molecule has 100 valence electrons. The minimum absolute atomic E-state index is 0.265. The molecule has 0 aliphatic heterocycles. The minimum atomic E-state index is -0.341. The Kier molecular flexibility index (Phi) is 5.10. The second kappa shape index (κ2) is 7.04. The predicted octanol–water partition coefficient (Wildman–Crippen LogP) is 4.04. The highest BCUT2D eigenvalue weighted by molar-refractivity contribution is 7.99. The monoisotopic (exact) mass is 277 g/mol. The first-order valence-corrected chi connectivity index (χ1v) is 7.03. The lowest BCUT2D eigenvalue weighted by Gasteiger charge is -2.08. The van der Waals surface area contributed by atoms with Crippen LogP contribution in [0.2, 0.25) is 0 Å². The molecule has 0 aliphatic carbocycles. The fraction of sp³-hybridized carbons (Fsp3) is 0.200. The van der Waals surface area contributed by atoms with Crippen LogP contribution in [0.4, 0.5) is 10.1 Å². The normalized spacial score (nSPS) is 10.2. The molecular formula is C15H16FNOS. The van der Waals surface area contributed by atoms with Gasteiger partial charge in [-0.25, -0.2) is 4.39 Å². The van der Waals surface area contributed by atoms with Gasteiger partial charge < -0.3 is 10.1 Å². The summed E-state index contributed by atoms with van der Waals surface area (Å²) in [4.78, 5) is 1.25. The standard InChI is InChI=1S/C15H16FNOS/c1-18-15-11-12(7-8-14(15)16)17-9-10-19-13-5-3-2-4-6-13/h2-8,11,17H,9-10H2,1H3. The van der Waals surface area contributed by atoms with Gasteiger partial charge in [-0.05, 0) is 24.3 Å². The summed E-state index contributed by atoms with van der Waals surface area (Å²) in [6, 6.07) is 15.0. The second-order valence-corrected chi connectivity index (χ2v) is 5.11. The first-order chi connectivity index (χ1) is 9.29. The lowest BCUT2D eigenvalue weighted by molar-refractivity contribution is 0.387. The average Bonchev–Trinajstić information content (AvgIpc) is 2.46. The molecule has 0 amide bonds. The molecule has 0 fully saturated rings. The fourth-order valence-corrected chi connectivity index (χ4v) is 2.44. The summed E-state index contributed by atoms with van der Waals surface area (Å²) in [6.07, 6.45) is 0. The average molecular weight is 277 g/mol. The fourth-order valence-electron chi connectivity index (χ4n) is 1.65. The highest BCUT2D eigenvalue weighted by atomic mass is 32.2. The molecule has 19 heavy (non-hydrogen) atoms. The van der Waals surface area contributed by atoms with Gasteiger partial charge in [0.25, 0.3) is 0 Å². The Hall–Kier alpha value is -1.68. The van der Waals surface area contributed by atoms with E-state index in [2.05, 4.69) is 17.4 Å². The number of benzene rings is 2. The number of halogens is 1. The SMILES string of the molecule is COc1cc(NCCSc2ccccc2)ccc1F. The van der Waals surface area contributed by atoms with Crippen LogP contribution in [0.25, 0.3) is 0 Å². The number of hydrogen-bond acceptors (Lipinski definition) is 3. The number of hydrogen-bond donors (Lipinski definition) is 1. The van der Waals surface area contributed by atoms with Gasteiger partial charge in [-0.15, -0.1) is 11.8 Å². The first-order valence-electron chi connectivity index (χ1n) is 6.05. The van der Waals surface area contributed by atoms with Gasteiger partial charge in [0.05, 0.1) is 7.11 Å². The van der Waals surface area contributed by atoms with E-state index < -0.39 is 0 Å². The molecule has 0 aromatic heterocycles. The van der Waals surface area contributed by atoms with E-state index in [1.165, 1.54) is 18.1 Å². The van der Waals surface area contributed by atoms with E-state index in [0.717, 1.165) is 18.0 Å². The van der Waals surface area contributed by atoms with Gasteiger partial charge in [-0.2, -0.15) is 0 Å². The van der Waals surface area contributed by atoms with Gasteiger partial charge in [0, 0.05) is 28.9 Å². The predicted molar refractivity (Wildman–Crippen MR) is 78.6 cm³/mol. The molecule has 2 nitrogen and oxygen atoms in total. The van der Waals surface area contributed by atoms with Crippen LogP contribution >= 0.6 is 11.8 Å². The van der Waals surface area contributed by atoms with Crippen molar-refractivity contribution >= 4 is 17.4 Å². The number of methoxy groups -OCH3 is 1. The third-order valence-corrected chi connectivity index (χ3v) is 3.61. The van der Waals surface area contributed by atoms with Crippen LogP contribution in [-0.2, 0) is 0 Å². The molecule has 0 radical (unpaired) electrons. The zero-order chi connectivity index (χ0) is 13.5. The number of nitrogens with one attached hydrogen (secondary N) is 1. The molecule has 1 N–H and O–H groups in total.